The molecule has 4 rings (SSSR count). The van der Waals surface area contributed by atoms with E-state index < -0.39 is 10.0 Å². The van der Waals surface area contributed by atoms with Gasteiger partial charge in [-0.25, -0.2) is 17.8 Å². The highest BCUT2D eigenvalue weighted by molar-refractivity contribution is 7.89. The van der Waals surface area contributed by atoms with Gasteiger partial charge >= 0.3 is 0 Å². The summed E-state index contributed by atoms with van der Waals surface area (Å²) in [7, 11) is -3.57. The van der Waals surface area contributed by atoms with Gasteiger partial charge in [0.05, 0.1) is 28.0 Å². The lowest BCUT2D eigenvalue weighted by Gasteiger charge is -2.22. The van der Waals surface area contributed by atoms with E-state index >= 15 is 0 Å². The number of benzene rings is 2. The molecule has 0 aliphatic heterocycles. The van der Waals surface area contributed by atoms with E-state index in [2.05, 4.69) is 15.1 Å². The number of amides is 1. The number of sulfonamides is 1. The molecule has 0 spiro atoms. The van der Waals surface area contributed by atoms with Gasteiger partial charge in [0.1, 0.15) is 0 Å². The maximum absolute atomic E-state index is 12.7. The summed E-state index contributed by atoms with van der Waals surface area (Å²) in [5, 5.41) is 7.14. The molecule has 7 nitrogen and oxygen atoms in total. The number of nitrogens with zero attached hydrogens (tertiary/aromatic N) is 2. The first-order valence-electron chi connectivity index (χ1n) is 10.5. The highest BCUT2D eigenvalue weighted by Crippen LogP contribution is 2.21. The van der Waals surface area contributed by atoms with E-state index in [9.17, 15) is 13.2 Å². The molecule has 2 N–H and O–H groups in total. The number of hydrogen-bond acceptors (Lipinski definition) is 4. The van der Waals surface area contributed by atoms with Crippen molar-refractivity contribution in [3.05, 3.63) is 72.1 Å². The van der Waals surface area contributed by atoms with Crippen LogP contribution in [0.3, 0.4) is 0 Å². The van der Waals surface area contributed by atoms with Gasteiger partial charge in [-0.3, -0.25) is 4.79 Å². The van der Waals surface area contributed by atoms with Crippen LogP contribution in [0.4, 0.5) is 5.69 Å². The Morgan fingerprint density at radius 3 is 2.35 bits per heavy atom. The average molecular weight is 439 g/mol. The van der Waals surface area contributed by atoms with Crippen molar-refractivity contribution in [1.82, 2.24) is 14.5 Å². The maximum atomic E-state index is 12.7. The predicted molar refractivity (Wildman–Crippen MR) is 120 cm³/mol. The van der Waals surface area contributed by atoms with Crippen LogP contribution in [0.25, 0.3) is 5.69 Å². The van der Waals surface area contributed by atoms with Crippen molar-refractivity contribution < 1.29 is 13.2 Å². The number of para-hydroxylation sites is 1. The summed E-state index contributed by atoms with van der Waals surface area (Å²) < 4.78 is 29.8. The molecule has 1 amide bonds. The third kappa shape index (κ3) is 4.86. The van der Waals surface area contributed by atoms with Crippen LogP contribution in [-0.2, 0) is 10.0 Å². The molecule has 0 unspecified atom stereocenters. The molecule has 31 heavy (non-hydrogen) atoms. The Balaban J connectivity index is 1.44. The van der Waals surface area contributed by atoms with Gasteiger partial charge in [-0.2, -0.15) is 5.10 Å². The number of anilines is 1. The molecule has 1 fully saturated rings. The molecule has 0 atom stereocenters. The second kappa shape index (κ2) is 9.03. The molecule has 8 heteroatoms. The van der Waals surface area contributed by atoms with Gasteiger partial charge in [-0.15, -0.1) is 0 Å². The zero-order valence-corrected chi connectivity index (χ0v) is 18.2. The number of aromatic nitrogens is 2. The van der Waals surface area contributed by atoms with Gasteiger partial charge in [0.2, 0.25) is 10.0 Å². The third-order valence-electron chi connectivity index (χ3n) is 5.60. The van der Waals surface area contributed by atoms with Crippen molar-refractivity contribution in [3.8, 4) is 5.69 Å². The van der Waals surface area contributed by atoms with Gasteiger partial charge in [0.15, 0.2) is 0 Å². The van der Waals surface area contributed by atoms with Crippen LogP contribution in [0.15, 0.2) is 65.7 Å². The van der Waals surface area contributed by atoms with Crippen molar-refractivity contribution in [2.24, 2.45) is 0 Å². The summed E-state index contributed by atoms with van der Waals surface area (Å²) >= 11 is 0. The van der Waals surface area contributed by atoms with E-state index in [0.29, 0.717) is 11.3 Å². The van der Waals surface area contributed by atoms with Gasteiger partial charge in [0.25, 0.3) is 5.91 Å². The first-order chi connectivity index (χ1) is 14.9. The van der Waals surface area contributed by atoms with Gasteiger partial charge < -0.3 is 5.32 Å². The summed E-state index contributed by atoms with van der Waals surface area (Å²) in [5.74, 6) is -0.296. The van der Waals surface area contributed by atoms with Crippen molar-refractivity contribution in [1.29, 1.82) is 0 Å². The van der Waals surface area contributed by atoms with E-state index in [-0.39, 0.29) is 16.8 Å². The Labute approximate surface area is 182 Å². The molecule has 162 valence electrons. The van der Waals surface area contributed by atoms with E-state index in [1.807, 2.05) is 37.3 Å². The van der Waals surface area contributed by atoms with Crippen molar-refractivity contribution >= 4 is 21.6 Å². The lowest BCUT2D eigenvalue weighted by Crippen LogP contribution is -2.36. The van der Waals surface area contributed by atoms with Crippen molar-refractivity contribution in [3.63, 3.8) is 0 Å². The minimum Gasteiger partial charge on any atom is -0.322 e. The molecular weight excluding hydrogens is 412 g/mol. The quantitative estimate of drug-likeness (QED) is 0.607. The highest BCUT2D eigenvalue weighted by Gasteiger charge is 2.22. The fourth-order valence-corrected chi connectivity index (χ4v) is 5.19. The molecule has 1 aromatic heterocycles. The average Bonchev–Trinajstić information content (AvgIpc) is 3.16. The molecule has 2 aromatic carbocycles. The largest absolute Gasteiger partial charge is 0.322 e. The summed E-state index contributed by atoms with van der Waals surface area (Å²) in [5.41, 5.74) is 2.58. The van der Waals surface area contributed by atoms with Crippen LogP contribution in [0, 0.1) is 6.92 Å². The van der Waals surface area contributed by atoms with Crippen molar-refractivity contribution in [2.45, 2.75) is 50.0 Å². The SMILES string of the molecule is Cc1c(C(=O)Nc2ccc(S(=O)(=O)NC3CCCCC3)cc2)cnn1-c1ccccc1. The summed E-state index contributed by atoms with van der Waals surface area (Å²) in [4.78, 5) is 12.9. The third-order valence-corrected chi connectivity index (χ3v) is 7.14. The summed E-state index contributed by atoms with van der Waals surface area (Å²) in [6.07, 6.45) is 6.56. The fraction of sp³-hybridized carbons (Fsp3) is 0.304. The van der Waals surface area contributed by atoms with Gasteiger partial charge in [-0.05, 0) is 56.2 Å². The van der Waals surface area contributed by atoms with E-state index in [4.69, 9.17) is 0 Å². The monoisotopic (exact) mass is 438 g/mol. The van der Waals surface area contributed by atoms with Crippen LogP contribution >= 0.6 is 0 Å². The van der Waals surface area contributed by atoms with E-state index in [1.54, 1.807) is 16.8 Å². The fourth-order valence-electron chi connectivity index (χ4n) is 3.89. The van der Waals surface area contributed by atoms with E-state index in [1.165, 1.54) is 18.3 Å². The zero-order chi connectivity index (χ0) is 21.8. The number of nitrogens with one attached hydrogen (secondary N) is 2. The van der Waals surface area contributed by atoms with Gasteiger partial charge in [-0.1, -0.05) is 37.5 Å². The minimum atomic E-state index is -3.57. The van der Waals surface area contributed by atoms with Crippen LogP contribution < -0.4 is 10.0 Å². The Bertz CT molecular complexity index is 1150. The summed E-state index contributed by atoms with van der Waals surface area (Å²) in [6.45, 7) is 1.83. The Hall–Kier alpha value is -2.97. The predicted octanol–water partition coefficient (Wildman–Crippen LogP) is 4.04. The molecule has 1 saturated carbocycles. The Morgan fingerprint density at radius 2 is 1.68 bits per heavy atom. The lowest BCUT2D eigenvalue weighted by atomic mass is 9.96. The van der Waals surface area contributed by atoms with Crippen LogP contribution in [0.5, 0.6) is 0 Å². The first-order valence-corrected chi connectivity index (χ1v) is 12.0. The van der Waals surface area contributed by atoms with Crippen molar-refractivity contribution in [2.75, 3.05) is 5.32 Å². The van der Waals surface area contributed by atoms with E-state index in [0.717, 1.165) is 43.5 Å². The molecule has 0 radical (unpaired) electrons. The van der Waals surface area contributed by atoms with Gasteiger partial charge in [0, 0.05) is 11.7 Å². The van der Waals surface area contributed by atoms with Crippen LogP contribution in [0.1, 0.15) is 48.2 Å². The number of hydrogen-bond donors (Lipinski definition) is 2. The highest BCUT2D eigenvalue weighted by atomic mass is 32.2. The first kappa shape index (κ1) is 21.3. The number of carbonyl (C=O) groups excluding carboxylic acids is 1. The minimum absolute atomic E-state index is 0.00209. The van der Waals surface area contributed by atoms with Crippen LogP contribution in [-0.4, -0.2) is 30.1 Å². The smallest absolute Gasteiger partial charge is 0.259 e. The Morgan fingerprint density at radius 1 is 1.00 bits per heavy atom. The summed E-state index contributed by atoms with van der Waals surface area (Å²) in [6, 6.07) is 15.8. The molecule has 3 aromatic rings. The normalized spacial score (nSPS) is 15.0. The van der Waals surface area contributed by atoms with Crippen LogP contribution in [0.2, 0.25) is 0 Å². The second-order valence-electron chi connectivity index (χ2n) is 7.83. The number of carbonyl (C=O) groups is 1. The Kier molecular flexibility index (Phi) is 6.20. The zero-order valence-electron chi connectivity index (χ0n) is 17.4. The molecular formula is C23H26N4O3S. The molecule has 1 heterocycles. The molecule has 0 saturated heterocycles. The lowest BCUT2D eigenvalue weighted by molar-refractivity contribution is 0.102. The number of rotatable bonds is 6. The molecule has 1 aliphatic rings. The molecule has 0 bridgehead atoms. The topological polar surface area (TPSA) is 93.1 Å². The maximum Gasteiger partial charge on any atom is 0.259 e. The molecule has 1 aliphatic carbocycles. The standard InChI is InChI=1S/C23H26N4O3S/c1-17-22(16-24-27(17)20-10-6-3-7-11-20)23(28)25-18-12-14-21(15-13-18)31(29,30)26-19-8-4-2-5-9-19/h3,6-7,10-16,19,26H,2,4-5,8-9H2,1H3,(H,25,28). The second-order valence-corrected chi connectivity index (χ2v) is 9.54.